The second-order valence-electron chi connectivity index (χ2n) is 3.23. The number of hydrogen-bond acceptors (Lipinski definition) is 0. The molecule has 0 nitrogen and oxygen atoms in total. The molecular formula is C14H18. The van der Waals surface area contributed by atoms with Gasteiger partial charge < -0.3 is 0 Å². The van der Waals surface area contributed by atoms with Crippen LogP contribution in [0.3, 0.4) is 0 Å². The van der Waals surface area contributed by atoms with E-state index in [1.807, 2.05) is 0 Å². The lowest BCUT2D eigenvalue weighted by Crippen LogP contribution is -1.67. The molecule has 0 spiro atoms. The molecule has 0 saturated heterocycles. The highest BCUT2D eigenvalue weighted by Gasteiger charge is 1.77. The zero-order valence-corrected chi connectivity index (χ0v) is 8.60. The summed E-state index contributed by atoms with van der Waals surface area (Å²) in [6.07, 6.45) is 26.0. The van der Waals surface area contributed by atoms with Crippen LogP contribution in [-0.2, 0) is 0 Å². The van der Waals surface area contributed by atoms with Gasteiger partial charge in [0.15, 0.2) is 0 Å². The quantitative estimate of drug-likeness (QED) is 0.494. The smallest absolute Gasteiger partial charge is 0.0166 e. The van der Waals surface area contributed by atoms with Crippen molar-refractivity contribution in [2.75, 3.05) is 0 Å². The fraction of sp³-hybridized carbons (Fsp3) is 0.286. The fourth-order valence-corrected chi connectivity index (χ4v) is 1.22. The highest BCUT2D eigenvalue weighted by atomic mass is 13.8. The summed E-state index contributed by atoms with van der Waals surface area (Å²) in [4.78, 5) is 0. The van der Waals surface area contributed by atoms with Gasteiger partial charge in [0, 0.05) is 0 Å². The summed E-state index contributed by atoms with van der Waals surface area (Å²) < 4.78 is 0. The number of rotatable bonds is 0. The summed E-state index contributed by atoms with van der Waals surface area (Å²) in [5, 5.41) is 0. The maximum atomic E-state index is 2.25. The van der Waals surface area contributed by atoms with Crippen LogP contribution in [0.25, 0.3) is 0 Å². The van der Waals surface area contributed by atoms with E-state index in [9.17, 15) is 0 Å². The lowest BCUT2D eigenvalue weighted by Gasteiger charge is -1.87. The van der Waals surface area contributed by atoms with E-state index < -0.39 is 0 Å². The van der Waals surface area contributed by atoms with Gasteiger partial charge >= 0.3 is 0 Å². The van der Waals surface area contributed by atoms with E-state index >= 15 is 0 Å². The number of hydrogen-bond donors (Lipinski definition) is 0. The Bertz CT molecular complexity index is 234. The van der Waals surface area contributed by atoms with Crippen molar-refractivity contribution in [3.05, 3.63) is 60.8 Å². The van der Waals surface area contributed by atoms with E-state index in [0.717, 1.165) is 25.7 Å². The molecule has 0 aromatic carbocycles. The Labute approximate surface area is 87.0 Å². The average molecular weight is 186 g/mol. The largest absolute Gasteiger partial charge is 0.0879 e. The van der Waals surface area contributed by atoms with E-state index in [-0.39, 0.29) is 0 Å². The van der Waals surface area contributed by atoms with Crippen LogP contribution < -0.4 is 0 Å². The molecule has 0 fully saturated rings. The summed E-state index contributed by atoms with van der Waals surface area (Å²) in [6, 6.07) is 0. The third kappa shape index (κ3) is 6.24. The summed E-state index contributed by atoms with van der Waals surface area (Å²) in [7, 11) is 0. The third-order valence-electron chi connectivity index (χ3n) is 1.98. The molecule has 0 heterocycles. The first-order chi connectivity index (χ1) is 7.00. The summed E-state index contributed by atoms with van der Waals surface area (Å²) >= 11 is 0. The maximum Gasteiger partial charge on any atom is -0.0166 e. The summed E-state index contributed by atoms with van der Waals surface area (Å²) in [5.74, 6) is 0. The summed E-state index contributed by atoms with van der Waals surface area (Å²) in [6.45, 7) is 0. The fourth-order valence-electron chi connectivity index (χ4n) is 1.22. The Kier molecular flexibility index (Phi) is 6.39. The highest BCUT2D eigenvalue weighted by Crippen LogP contribution is 1.98. The van der Waals surface area contributed by atoms with Crippen LogP contribution in [0.1, 0.15) is 25.7 Å². The first kappa shape index (κ1) is 10.8. The van der Waals surface area contributed by atoms with E-state index in [2.05, 4.69) is 60.8 Å². The van der Waals surface area contributed by atoms with E-state index in [4.69, 9.17) is 0 Å². The average Bonchev–Trinajstić information content (AvgIpc) is 2.22. The molecule has 0 saturated carbocycles. The zero-order chi connectivity index (χ0) is 9.90. The molecule has 1 aliphatic carbocycles. The minimum absolute atomic E-state index is 1.04. The van der Waals surface area contributed by atoms with Gasteiger partial charge in [0.25, 0.3) is 0 Å². The monoisotopic (exact) mass is 186 g/mol. The molecule has 0 atom stereocenters. The van der Waals surface area contributed by atoms with Crippen LogP contribution in [-0.4, -0.2) is 0 Å². The topological polar surface area (TPSA) is 0 Å². The van der Waals surface area contributed by atoms with Crippen LogP contribution in [0, 0.1) is 0 Å². The molecule has 0 bridgehead atoms. The van der Waals surface area contributed by atoms with Gasteiger partial charge in [0.2, 0.25) is 0 Å². The Morgan fingerprint density at radius 2 is 0.929 bits per heavy atom. The molecule has 0 aromatic rings. The van der Waals surface area contributed by atoms with E-state index in [1.165, 1.54) is 0 Å². The molecule has 0 amide bonds. The molecule has 1 rings (SSSR count). The lowest BCUT2D eigenvalue weighted by atomic mass is 10.2. The van der Waals surface area contributed by atoms with Gasteiger partial charge in [0.05, 0.1) is 0 Å². The van der Waals surface area contributed by atoms with Gasteiger partial charge in [0.1, 0.15) is 0 Å². The third-order valence-corrected chi connectivity index (χ3v) is 1.98. The van der Waals surface area contributed by atoms with Crippen molar-refractivity contribution in [3.63, 3.8) is 0 Å². The molecule has 0 N–H and O–H groups in total. The maximum absolute atomic E-state index is 2.25. The van der Waals surface area contributed by atoms with Crippen molar-refractivity contribution in [2.45, 2.75) is 25.7 Å². The van der Waals surface area contributed by atoms with Crippen LogP contribution >= 0.6 is 0 Å². The minimum atomic E-state index is 1.04. The Balaban J connectivity index is 2.45. The van der Waals surface area contributed by atoms with Crippen molar-refractivity contribution >= 4 is 0 Å². The van der Waals surface area contributed by atoms with Gasteiger partial charge in [-0.1, -0.05) is 60.8 Å². The first-order valence-electron chi connectivity index (χ1n) is 5.28. The van der Waals surface area contributed by atoms with E-state index in [0.29, 0.717) is 0 Å². The molecule has 0 aromatic heterocycles. The van der Waals surface area contributed by atoms with Gasteiger partial charge in [-0.3, -0.25) is 0 Å². The van der Waals surface area contributed by atoms with Crippen molar-refractivity contribution in [1.82, 2.24) is 0 Å². The normalized spacial score (nSPS) is 25.1. The van der Waals surface area contributed by atoms with Gasteiger partial charge in [-0.05, 0) is 25.7 Å². The van der Waals surface area contributed by atoms with Crippen LogP contribution in [0.5, 0.6) is 0 Å². The van der Waals surface area contributed by atoms with Gasteiger partial charge in [-0.15, -0.1) is 0 Å². The Morgan fingerprint density at radius 1 is 0.429 bits per heavy atom. The summed E-state index contributed by atoms with van der Waals surface area (Å²) in [5.41, 5.74) is 0. The second-order valence-corrected chi connectivity index (χ2v) is 3.23. The molecule has 0 unspecified atom stereocenters. The van der Waals surface area contributed by atoms with Crippen LogP contribution in [0.15, 0.2) is 60.8 Å². The molecule has 74 valence electrons. The molecule has 14 heavy (non-hydrogen) atoms. The SMILES string of the molecule is C1=C/C=C/C/C=C/CC/C=C/CC=C1. The van der Waals surface area contributed by atoms with Gasteiger partial charge in [-0.25, -0.2) is 0 Å². The molecule has 0 radical (unpaired) electrons. The van der Waals surface area contributed by atoms with Crippen molar-refractivity contribution in [1.29, 1.82) is 0 Å². The lowest BCUT2D eigenvalue weighted by molar-refractivity contribution is 1.04. The first-order valence-corrected chi connectivity index (χ1v) is 5.28. The predicted octanol–water partition coefficient (Wildman–Crippen LogP) is 4.34. The second kappa shape index (κ2) is 8.31. The molecule has 0 heteroatoms. The van der Waals surface area contributed by atoms with Crippen LogP contribution in [0.4, 0.5) is 0 Å². The minimum Gasteiger partial charge on any atom is -0.0879 e. The zero-order valence-electron chi connectivity index (χ0n) is 8.60. The van der Waals surface area contributed by atoms with Crippen molar-refractivity contribution in [3.8, 4) is 0 Å². The molecule has 1 aliphatic rings. The van der Waals surface area contributed by atoms with Crippen LogP contribution in [0.2, 0.25) is 0 Å². The predicted molar refractivity (Wildman–Crippen MR) is 64.2 cm³/mol. The van der Waals surface area contributed by atoms with E-state index in [1.54, 1.807) is 0 Å². The molecule has 0 aliphatic heterocycles. The standard InChI is InChI=1S/C14H18/c1-2-4-6-8-10-12-14-13-11-9-7-5-3-1/h1-6,9-12H,7-8,13-14H2/b2-1?,5-3+,6-4?,11-9+,12-10+. The van der Waals surface area contributed by atoms with Crippen molar-refractivity contribution in [2.24, 2.45) is 0 Å². The highest BCUT2D eigenvalue weighted by molar-refractivity contribution is 5.13. The van der Waals surface area contributed by atoms with Gasteiger partial charge in [-0.2, -0.15) is 0 Å². The Morgan fingerprint density at radius 3 is 1.43 bits per heavy atom. The van der Waals surface area contributed by atoms with Crippen molar-refractivity contribution < 1.29 is 0 Å². The number of allylic oxidation sites excluding steroid dienone is 10. The Hall–Kier alpha value is -1.30. The molecular weight excluding hydrogens is 168 g/mol.